The van der Waals surface area contributed by atoms with Crippen LogP contribution in [-0.4, -0.2) is 39.6 Å². The van der Waals surface area contributed by atoms with Gasteiger partial charge in [0.2, 0.25) is 5.91 Å². The average molecular weight is 461 g/mol. The minimum atomic E-state index is -0.236. The van der Waals surface area contributed by atoms with E-state index in [0.717, 1.165) is 28.4 Å². The van der Waals surface area contributed by atoms with Crippen LogP contribution in [0.1, 0.15) is 19.8 Å². The number of carbonyl (C=O) groups is 1. The zero-order valence-corrected chi connectivity index (χ0v) is 18.9. The first-order valence-corrected chi connectivity index (χ1v) is 11.5. The Balaban J connectivity index is 1.44. The summed E-state index contributed by atoms with van der Waals surface area (Å²) in [5.41, 5.74) is 0.897. The molecule has 3 aromatic rings. The molecule has 3 rings (SSSR count). The van der Waals surface area contributed by atoms with Crippen LogP contribution < -0.4 is 10.1 Å². The van der Waals surface area contributed by atoms with Gasteiger partial charge in [-0.15, -0.1) is 11.8 Å². The van der Waals surface area contributed by atoms with E-state index >= 15 is 0 Å². The number of hydrogen-bond donors (Lipinski definition) is 2. The Labute approximate surface area is 190 Å². The molecule has 0 bridgehead atoms. The van der Waals surface area contributed by atoms with Gasteiger partial charge in [0.1, 0.15) is 11.6 Å². The lowest BCUT2D eigenvalue weighted by Gasteiger charge is -2.09. The van der Waals surface area contributed by atoms with Crippen LogP contribution in [0.15, 0.2) is 53.4 Å². The second kappa shape index (κ2) is 11.7. The number of aromatic nitrogens is 3. The summed E-state index contributed by atoms with van der Waals surface area (Å²) in [4.78, 5) is 13.2. The molecule has 0 atom stereocenters. The Morgan fingerprint density at radius 3 is 2.68 bits per heavy atom. The van der Waals surface area contributed by atoms with E-state index in [9.17, 15) is 9.18 Å². The SMILES string of the molecule is CCOc1ccc(-c2n[nH]c(=S)n2CCC(=O)NCCCSc2ccc(F)cc2)cc1. The fourth-order valence-electron chi connectivity index (χ4n) is 2.93. The summed E-state index contributed by atoms with van der Waals surface area (Å²) in [6.07, 6.45) is 1.14. The maximum Gasteiger partial charge on any atom is 0.221 e. The van der Waals surface area contributed by atoms with Gasteiger partial charge in [0.25, 0.3) is 0 Å². The second-order valence-electron chi connectivity index (χ2n) is 6.72. The first kappa shape index (κ1) is 23.0. The fraction of sp³-hybridized carbons (Fsp3) is 0.318. The Kier molecular flexibility index (Phi) is 8.66. The largest absolute Gasteiger partial charge is 0.494 e. The quantitative estimate of drug-likeness (QED) is 0.244. The molecule has 1 amide bonds. The van der Waals surface area contributed by atoms with Gasteiger partial charge in [0.05, 0.1) is 6.61 Å². The zero-order chi connectivity index (χ0) is 22.1. The smallest absolute Gasteiger partial charge is 0.221 e. The van der Waals surface area contributed by atoms with Gasteiger partial charge in [-0.2, -0.15) is 5.10 Å². The Morgan fingerprint density at radius 1 is 1.23 bits per heavy atom. The number of hydrogen-bond acceptors (Lipinski definition) is 5. The first-order chi connectivity index (χ1) is 15.1. The summed E-state index contributed by atoms with van der Waals surface area (Å²) in [6.45, 7) is 3.58. The Morgan fingerprint density at radius 2 is 1.97 bits per heavy atom. The van der Waals surface area contributed by atoms with E-state index in [-0.39, 0.29) is 11.7 Å². The van der Waals surface area contributed by atoms with E-state index in [1.54, 1.807) is 23.9 Å². The number of H-pyrrole nitrogens is 1. The average Bonchev–Trinajstić information content (AvgIpc) is 3.14. The number of ether oxygens (including phenoxy) is 1. The number of rotatable bonds is 11. The molecule has 0 aliphatic carbocycles. The Bertz CT molecular complexity index is 1030. The number of nitrogens with zero attached hydrogens (tertiary/aromatic N) is 2. The van der Waals surface area contributed by atoms with Crippen molar-refractivity contribution < 1.29 is 13.9 Å². The van der Waals surface area contributed by atoms with Crippen molar-refractivity contribution in [3.05, 3.63) is 59.1 Å². The van der Waals surface area contributed by atoms with Crippen molar-refractivity contribution in [1.82, 2.24) is 20.1 Å². The molecule has 0 fully saturated rings. The minimum Gasteiger partial charge on any atom is -0.494 e. The lowest BCUT2D eigenvalue weighted by molar-refractivity contribution is -0.121. The van der Waals surface area contributed by atoms with E-state index in [1.807, 2.05) is 35.8 Å². The Hall–Kier alpha value is -2.65. The molecule has 0 saturated heterocycles. The molecule has 2 N–H and O–H groups in total. The van der Waals surface area contributed by atoms with E-state index in [4.69, 9.17) is 17.0 Å². The summed E-state index contributed by atoms with van der Waals surface area (Å²) in [7, 11) is 0. The molecule has 31 heavy (non-hydrogen) atoms. The predicted molar refractivity (Wildman–Crippen MR) is 123 cm³/mol. The molecule has 2 aromatic carbocycles. The molecule has 1 heterocycles. The monoisotopic (exact) mass is 460 g/mol. The summed E-state index contributed by atoms with van der Waals surface area (Å²) in [6, 6.07) is 14.0. The number of benzene rings is 2. The summed E-state index contributed by atoms with van der Waals surface area (Å²) in [5, 5.41) is 10.0. The molecule has 0 unspecified atom stereocenters. The van der Waals surface area contributed by atoms with Gasteiger partial charge < -0.3 is 10.1 Å². The number of nitrogens with one attached hydrogen (secondary N) is 2. The summed E-state index contributed by atoms with van der Waals surface area (Å²) >= 11 is 6.97. The van der Waals surface area contributed by atoms with Gasteiger partial charge in [-0.3, -0.25) is 14.5 Å². The minimum absolute atomic E-state index is 0.0347. The van der Waals surface area contributed by atoms with Gasteiger partial charge in [-0.25, -0.2) is 4.39 Å². The van der Waals surface area contributed by atoms with Crippen molar-refractivity contribution in [3.63, 3.8) is 0 Å². The van der Waals surface area contributed by atoms with Crippen LogP contribution in [0.25, 0.3) is 11.4 Å². The number of amides is 1. The van der Waals surface area contributed by atoms with Crippen molar-refractivity contribution in [1.29, 1.82) is 0 Å². The van der Waals surface area contributed by atoms with Crippen molar-refractivity contribution >= 4 is 29.9 Å². The fourth-order valence-corrected chi connectivity index (χ4v) is 4.01. The second-order valence-corrected chi connectivity index (χ2v) is 8.27. The first-order valence-electron chi connectivity index (χ1n) is 10.1. The van der Waals surface area contributed by atoms with Gasteiger partial charge in [-0.1, -0.05) is 0 Å². The van der Waals surface area contributed by atoms with Crippen molar-refractivity contribution in [2.24, 2.45) is 0 Å². The molecular weight excluding hydrogens is 435 g/mol. The third-order valence-corrected chi connectivity index (χ3v) is 5.88. The van der Waals surface area contributed by atoms with Crippen LogP contribution in [-0.2, 0) is 11.3 Å². The van der Waals surface area contributed by atoms with Crippen molar-refractivity contribution in [2.75, 3.05) is 18.9 Å². The molecular formula is C22H25FN4O2S2. The van der Waals surface area contributed by atoms with Crippen LogP contribution in [0.5, 0.6) is 5.75 Å². The van der Waals surface area contributed by atoms with E-state index in [1.165, 1.54) is 12.1 Å². The number of halogens is 1. The number of thioether (sulfide) groups is 1. The van der Waals surface area contributed by atoms with Gasteiger partial charge in [-0.05, 0) is 79.8 Å². The maximum absolute atomic E-state index is 12.9. The summed E-state index contributed by atoms with van der Waals surface area (Å²) in [5.74, 6) is 2.06. The van der Waals surface area contributed by atoms with Gasteiger partial charge >= 0.3 is 0 Å². The lowest BCUT2D eigenvalue weighted by atomic mass is 10.2. The lowest BCUT2D eigenvalue weighted by Crippen LogP contribution is -2.25. The molecule has 0 spiro atoms. The van der Waals surface area contributed by atoms with E-state index < -0.39 is 0 Å². The topological polar surface area (TPSA) is 71.9 Å². The molecule has 164 valence electrons. The third-order valence-electron chi connectivity index (χ3n) is 4.47. The van der Waals surface area contributed by atoms with Crippen LogP contribution in [0.2, 0.25) is 0 Å². The highest BCUT2D eigenvalue weighted by atomic mass is 32.2. The molecule has 0 radical (unpaired) electrons. The molecule has 0 saturated carbocycles. The highest BCUT2D eigenvalue weighted by Crippen LogP contribution is 2.21. The number of aromatic amines is 1. The highest BCUT2D eigenvalue weighted by molar-refractivity contribution is 7.99. The van der Waals surface area contributed by atoms with E-state index in [0.29, 0.717) is 36.7 Å². The molecule has 9 heteroatoms. The van der Waals surface area contributed by atoms with Gasteiger partial charge in [0.15, 0.2) is 10.6 Å². The molecule has 0 aliphatic rings. The maximum atomic E-state index is 12.9. The number of carbonyl (C=O) groups excluding carboxylic acids is 1. The van der Waals surface area contributed by atoms with Crippen LogP contribution in [0.4, 0.5) is 4.39 Å². The summed E-state index contributed by atoms with van der Waals surface area (Å²) < 4.78 is 20.7. The molecule has 0 aliphatic heterocycles. The van der Waals surface area contributed by atoms with Crippen LogP contribution >= 0.6 is 24.0 Å². The zero-order valence-electron chi connectivity index (χ0n) is 17.3. The highest BCUT2D eigenvalue weighted by Gasteiger charge is 2.11. The predicted octanol–water partition coefficient (Wildman–Crippen LogP) is 4.83. The third kappa shape index (κ3) is 6.93. The van der Waals surface area contributed by atoms with Crippen molar-refractivity contribution in [2.45, 2.75) is 31.2 Å². The van der Waals surface area contributed by atoms with E-state index in [2.05, 4.69) is 15.5 Å². The normalized spacial score (nSPS) is 10.8. The van der Waals surface area contributed by atoms with Gasteiger partial charge in [0, 0.05) is 30.0 Å². The molecule has 6 nitrogen and oxygen atoms in total. The molecule has 1 aromatic heterocycles. The van der Waals surface area contributed by atoms with Crippen LogP contribution in [0, 0.1) is 10.6 Å². The van der Waals surface area contributed by atoms with Crippen molar-refractivity contribution in [3.8, 4) is 17.1 Å². The van der Waals surface area contributed by atoms with Crippen LogP contribution in [0.3, 0.4) is 0 Å². The standard InChI is InChI=1S/C22H25FN4O2S2/c1-2-29-18-8-4-16(5-9-18)21-25-26-22(30)27(21)14-12-20(28)24-13-3-15-31-19-10-6-17(23)7-11-19/h4-11H,2-3,12-15H2,1H3,(H,24,28)(H,26,30).